The van der Waals surface area contributed by atoms with Crippen LogP contribution in [0.25, 0.3) is 11.1 Å². The molecule has 1 atom stereocenters. The summed E-state index contributed by atoms with van der Waals surface area (Å²) in [5.74, 6) is -2.48. The van der Waals surface area contributed by atoms with Crippen molar-refractivity contribution in [2.75, 3.05) is 36.5 Å². The minimum atomic E-state index is -4.61. The lowest BCUT2D eigenvalue weighted by molar-refractivity contribution is -0.153. The van der Waals surface area contributed by atoms with Gasteiger partial charge < -0.3 is 24.1 Å². The number of halogens is 3. The van der Waals surface area contributed by atoms with Gasteiger partial charge in [-0.2, -0.15) is 13.2 Å². The van der Waals surface area contributed by atoms with Crippen LogP contribution in [-0.4, -0.2) is 48.9 Å². The van der Waals surface area contributed by atoms with E-state index in [1.165, 1.54) is 13.0 Å². The maximum atomic E-state index is 13.3. The largest absolute Gasteiger partial charge is 0.451 e. The molecule has 186 valence electrons. The molecule has 0 spiro atoms. The number of hydrogen-bond donors (Lipinski definition) is 1. The number of esters is 1. The molecule has 0 bridgehead atoms. The summed E-state index contributed by atoms with van der Waals surface area (Å²) in [4.78, 5) is 39.0. The van der Waals surface area contributed by atoms with Gasteiger partial charge in [0.1, 0.15) is 6.54 Å². The summed E-state index contributed by atoms with van der Waals surface area (Å²) in [7, 11) is 0. The lowest BCUT2D eigenvalue weighted by Gasteiger charge is -2.31. The Morgan fingerprint density at radius 1 is 1.14 bits per heavy atom. The third kappa shape index (κ3) is 5.48. The highest BCUT2D eigenvalue weighted by molar-refractivity contribution is 5.98. The number of carbonyl (C=O) groups excluding carboxylic acids is 2. The van der Waals surface area contributed by atoms with Gasteiger partial charge in [0, 0.05) is 13.1 Å². The molecule has 2 aromatic carbocycles. The number of anilines is 2. The van der Waals surface area contributed by atoms with Gasteiger partial charge in [-0.05, 0) is 37.3 Å². The number of oxazole rings is 1. The molecule has 3 aromatic rings. The zero-order valence-electron chi connectivity index (χ0n) is 18.6. The number of para-hydroxylation sites is 2. The van der Waals surface area contributed by atoms with Gasteiger partial charge in [-0.25, -0.2) is 4.79 Å². The summed E-state index contributed by atoms with van der Waals surface area (Å²) in [5, 5.41) is 2.44. The summed E-state index contributed by atoms with van der Waals surface area (Å²) >= 11 is 0. The van der Waals surface area contributed by atoms with Crippen LogP contribution in [0.5, 0.6) is 0 Å². The number of amides is 1. The number of benzene rings is 2. The Kier molecular flexibility index (Phi) is 6.83. The highest BCUT2D eigenvalue weighted by Gasteiger charge is 2.32. The van der Waals surface area contributed by atoms with E-state index in [0.717, 1.165) is 16.7 Å². The van der Waals surface area contributed by atoms with E-state index in [4.69, 9.17) is 13.9 Å². The zero-order chi connectivity index (χ0) is 25.2. The first-order valence-corrected chi connectivity index (χ1v) is 10.8. The van der Waals surface area contributed by atoms with Crippen LogP contribution in [0.3, 0.4) is 0 Å². The Balaban J connectivity index is 1.48. The fourth-order valence-electron chi connectivity index (χ4n) is 3.71. The van der Waals surface area contributed by atoms with E-state index in [2.05, 4.69) is 5.32 Å². The third-order valence-electron chi connectivity index (χ3n) is 5.47. The average molecular weight is 493 g/mol. The number of ether oxygens (including phenoxy) is 2. The van der Waals surface area contributed by atoms with Gasteiger partial charge in [-0.15, -0.1) is 0 Å². The van der Waals surface area contributed by atoms with E-state index < -0.39 is 42.0 Å². The lowest BCUT2D eigenvalue weighted by Crippen LogP contribution is -2.37. The molecule has 1 amide bonds. The topological polar surface area (TPSA) is 103 Å². The van der Waals surface area contributed by atoms with Crippen molar-refractivity contribution in [1.82, 2.24) is 4.57 Å². The fraction of sp³-hybridized carbons (Fsp3) is 0.348. The Labute approximate surface area is 197 Å². The van der Waals surface area contributed by atoms with E-state index >= 15 is 0 Å². The van der Waals surface area contributed by atoms with Crippen LogP contribution in [0.1, 0.15) is 12.5 Å². The highest BCUT2D eigenvalue weighted by atomic mass is 19.4. The minimum Gasteiger partial charge on any atom is -0.451 e. The number of nitrogens with one attached hydrogen (secondary N) is 1. The van der Waals surface area contributed by atoms with Gasteiger partial charge in [0.05, 0.1) is 35.7 Å². The van der Waals surface area contributed by atoms with Gasteiger partial charge in [0.15, 0.2) is 11.7 Å². The number of aromatic nitrogens is 1. The third-order valence-corrected chi connectivity index (χ3v) is 5.47. The van der Waals surface area contributed by atoms with Crippen molar-refractivity contribution in [3.05, 3.63) is 58.6 Å². The fourth-order valence-corrected chi connectivity index (χ4v) is 3.71. The van der Waals surface area contributed by atoms with Gasteiger partial charge in [-0.1, -0.05) is 12.1 Å². The van der Waals surface area contributed by atoms with Gasteiger partial charge in [-0.3, -0.25) is 14.2 Å². The Morgan fingerprint density at radius 2 is 1.86 bits per heavy atom. The maximum Gasteiger partial charge on any atom is 0.420 e. The van der Waals surface area contributed by atoms with E-state index in [1.807, 2.05) is 0 Å². The molecule has 2 heterocycles. The van der Waals surface area contributed by atoms with Crippen molar-refractivity contribution in [3.63, 3.8) is 0 Å². The van der Waals surface area contributed by atoms with E-state index in [0.29, 0.717) is 37.5 Å². The minimum absolute atomic E-state index is 0.0633. The smallest absolute Gasteiger partial charge is 0.420 e. The lowest BCUT2D eigenvalue weighted by atomic mass is 10.1. The Hall–Kier alpha value is -3.80. The molecule has 1 aliphatic rings. The number of carbonyl (C=O) groups is 2. The van der Waals surface area contributed by atoms with E-state index in [9.17, 15) is 27.6 Å². The van der Waals surface area contributed by atoms with Crippen LogP contribution in [0, 0.1) is 0 Å². The van der Waals surface area contributed by atoms with E-state index in [1.54, 1.807) is 29.2 Å². The molecule has 9 nitrogen and oxygen atoms in total. The first-order chi connectivity index (χ1) is 16.6. The summed E-state index contributed by atoms with van der Waals surface area (Å²) in [6.07, 6.45) is -5.95. The average Bonchev–Trinajstić information content (AvgIpc) is 3.13. The van der Waals surface area contributed by atoms with Gasteiger partial charge >= 0.3 is 17.9 Å². The molecule has 35 heavy (non-hydrogen) atoms. The van der Waals surface area contributed by atoms with Crippen LogP contribution in [0.4, 0.5) is 24.5 Å². The van der Waals surface area contributed by atoms with Crippen molar-refractivity contribution in [2.45, 2.75) is 25.7 Å². The quantitative estimate of drug-likeness (QED) is 0.527. The molecule has 1 unspecified atom stereocenters. The first-order valence-electron chi connectivity index (χ1n) is 10.8. The van der Waals surface area contributed by atoms with Crippen LogP contribution >= 0.6 is 0 Å². The molecular weight excluding hydrogens is 471 g/mol. The van der Waals surface area contributed by atoms with Crippen molar-refractivity contribution in [1.29, 1.82) is 0 Å². The van der Waals surface area contributed by atoms with Gasteiger partial charge in [0.25, 0.3) is 5.91 Å². The second-order valence-electron chi connectivity index (χ2n) is 7.87. The maximum absolute atomic E-state index is 13.3. The summed E-state index contributed by atoms with van der Waals surface area (Å²) in [6, 6.07) is 9.55. The summed E-state index contributed by atoms with van der Waals surface area (Å²) in [5.41, 5.74) is 0.0684. The second-order valence-corrected chi connectivity index (χ2v) is 7.87. The molecular formula is C23H22F3N3O6. The highest BCUT2D eigenvalue weighted by Crippen LogP contribution is 2.36. The molecule has 1 aliphatic heterocycles. The van der Waals surface area contributed by atoms with Crippen molar-refractivity contribution in [2.24, 2.45) is 0 Å². The standard InChI is InChI=1S/C23H22F3N3O6/c1-14(34-20(30)13-29-18-4-2-3-5-19(18)35-22(29)32)21(31)27-16-12-15(23(24,25)26)6-7-17(16)28-8-10-33-11-9-28/h2-7,12,14H,8-11,13H2,1H3,(H,27,31). The molecule has 1 aromatic heterocycles. The SMILES string of the molecule is CC(OC(=O)Cn1c(=O)oc2ccccc21)C(=O)Nc1cc(C(F)(F)F)ccc1N1CCOCC1. The number of hydrogen-bond acceptors (Lipinski definition) is 7. The predicted octanol–water partition coefficient (Wildman–Crippen LogP) is 3.02. The summed E-state index contributed by atoms with van der Waals surface area (Å²) < 4.78 is 56.4. The molecule has 1 N–H and O–H groups in total. The molecule has 0 aliphatic carbocycles. The number of nitrogens with zero attached hydrogens (tertiary/aromatic N) is 2. The number of rotatable bonds is 6. The van der Waals surface area contributed by atoms with Gasteiger partial charge in [0.2, 0.25) is 0 Å². The van der Waals surface area contributed by atoms with Crippen LogP contribution in [0.2, 0.25) is 0 Å². The van der Waals surface area contributed by atoms with Crippen LogP contribution < -0.4 is 16.0 Å². The summed E-state index contributed by atoms with van der Waals surface area (Å²) in [6.45, 7) is 2.44. The van der Waals surface area contributed by atoms with Crippen molar-refractivity contribution in [3.8, 4) is 0 Å². The normalized spacial score (nSPS) is 15.1. The number of morpholine rings is 1. The number of alkyl halides is 3. The zero-order valence-corrected chi connectivity index (χ0v) is 18.6. The Bertz CT molecular complexity index is 1290. The van der Waals surface area contributed by atoms with Crippen LogP contribution in [0.15, 0.2) is 51.7 Å². The van der Waals surface area contributed by atoms with Crippen molar-refractivity contribution >= 4 is 34.4 Å². The molecule has 1 saturated heterocycles. The molecule has 1 fully saturated rings. The molecule has 12 heteroatoms. The molecule has 0 saturated carbocycles. The molecule has 4 rings (SSSR count). The van der Waals surface area contributed by atoms with Crippen molar-refractivity contribution < 1.29 is 36.7 Å². The predicted molar refractivity (Wildman–Crippen MR) is 119 cm³/mol. The Morgan fingerprint density at radius 3 is 2.57 bits per heavy atom. The first kappa shape index (κ1) is 24.3. The number of fused-ring (bicyclic) bond motifs is 1. The monoisotopic (exact) mass is 493 g/mol. The van der Waals surface area contributed by atoms with E-state index in [-0.39, 0.29) is 11.3 Å². The second kappa shape index (κ2) is 9.82. The van der Waals surface area contributed by atoms with Crippen LogP contribution in [-0.2, 0) is 31.8 Å². The molecule has 0 radical (unpaired) electrons.